The van der Waals surface area contributed by atoms with E-state index >= 15 is 0 Å². The number of aliphatic hydroxyl groups is 1. The fourth-order valence-electron chi connectivity index (χ4n) is 3.93. The number of carbonyl (C=O) groups is 2. The normalized spacial score (nSPS) is 17.6. The third-order valence-electron chi connectivity index (χ3n) is 5.51. The first-order chi connectivity index (χ1) is 15.4. The van der Waals surface area contributed by atoms with Crippen molar-refractivity contribution in [2.24, 2.45) is 0 Å². The highest BCUT2D eigenvalue weighted by Gasteiger charge is 2.49. The minimum absolute atomic E-state index is 0.0841. The van der Waals surface area contributed by atoms with Crippen LogP contribution in [0, 0.1) is 13.8 Å². The van der Waals surface area contributed by atoms with E-state index in [1.165, 1.54) is 19.1 Å². The average molecular weight is 433 g/mol. The van der Waals surface area contributed by atoms with Crippen molar-refractivity contribution in [2.75, 3.05) is 19.1 Å². The van der Waals surface area contributed by atoms with Gasteiger partial charge in [0.1, 0.15) is 34.8 Å². The number of rotatable bonds is 5. The molecule has 7 heteroatoms. The third kappa shape index (κ3) is 3.41. The van der Waals surface area contributed by atoms with Crippen molar-refractivity contribution in [1.29, 1.82) is 0 Å². The summed E-state index contributed by atoms with van der Waals surface area (Å²) in [5, 5.41) is 11.3. The molecule has 1 unspecified atom stereocenters. The van der Waals surface area contributed by atoms with E-state index in [4.69, 9.17) is 13.9 Å². The van der Waals surface area contributed by atoms with Crippen LogP contribution in [-0.4, -0.2) is 31.0 Å². The second-order valence-corrected chi connectivity index (χ2v) is 7.47. The smallest absolute Gasteiger partial charge is 0.300 e. The highest BCUT2D eigenvalue weighted by molar-refractivity contribution is 6.51. The summed E-state index contributed by atoms with van der Waals surface area (Å²) in [4.78, 5) is 27.8. The van der Waals surface area contributed by atoms with Gasteiger partial charge in [0.2, 0.25) is 0 Å². The molecular weight excluding hydrogens is 410 g/mol. The van der Waals surface area contributed by atoms with Gasteiger partial charge in [-0.25, -0.2) is 0 Å². The van der Waals surface area contributed by atoms with E-state index in [1.807, 2.05) is 19.1 Å². The number of benzene rings is 2. The van der Waals surface area contributed by atoms with Crippen LogP contribution in [-0.2, 0) is 9.59 Å². The molecule has 0 aliphatic carbocycles. The van der Waals surface area contributed by atoms with Gasteiger partial charge in [0.05, 0.1) is 25.4 Å². The number of nitrogens with zero attached hydrogens (tertiary/aromatic N) is 1. The Labute approximate surface area is 185 Å². The molecule has 3 aromatic rings. The molecule has 1 N–H and O–H groups in total. The molecule has 164 valence electrons. The number of hydrogen-bond donors (Lipinski definition) is 1. The minimum Gasteiger partial charge on any atom is -0.507 e. The van der Waals surface area contributed by atoms with Gasteiger partial charge in [0, 0.05) is 5.69 Å². The molecule has 2 aromatic carbocycles. The Morgan fingerprint density at radius 1 is 1.00 bits per heavy atom. The summed E-state index contributed by atoms with van der Waals surface area (Å²) in [6.45, 7) is 3.62. The van der Waals surface area contributed by atoms with E-state index in [-0.39, 0.29) is 16.9 Å². The van der Waals surface area contributed by atoms with Crippen molar-refractivity contribution in [3.63, 3.8) is 0 Å². The maximum Gasteiger partial charge on any atom is 0.300 e. The van der Waals surface area contributed by atoms with Crippen LogP contribution in [0.3, 0.4) is 0 Å². The molecule has 0 radical (unpaired) electrons. The maximum atomic E-state index is 13.2. The Kier molecular flexibility index (Phi) is 5.48. The van der Waals surface area contributed by atoms with E-state index in [0.717, 1.165) is 5.56 Å². The number of ether oxygens (including phenoxy) is 2. The molecule has 0 spiro atoms. The number of anilines is 1. The lowest BCUT2D eigenvalue weighted by atomic mass is 9.98. The molecule has 0 saturated carbocycles. The molecule has 7 nitrogen and oxygen atoms in total. The Hall–Kier alpha value is -4.00. The third-order valence-corrected chi connectivity index (χ3v) is 5.51. The summed E-state index contributed by atoms with van der Waals surface area (Å²) >= 11 is 0. The van der Waals surface area contributed by atoms with Crippen LogP contribution in [0.5, 0.6) is 11.5 Å². The maximum absolute atomic E-state index is 13.2. The van der Waals surface area contributed by atoms with Crippen LogP contribution in [0.2, 0.25) is 0 Å². The predicted molar refractivity (Wildman–Crippen MR) is 119 cm³/mol. The molecule has 1 aromatic heterocycles. The zero-order valence-electron chi connectivity index (χ0n) is 18.2. The van der Waals surface area contributed by atoms with Gasteiger partial charge in [-0.3, -0.25) is 14.5 Å². The van der Waals surface area contributed by atoms with Crippen LogP contribution in [0.25, 0.3) is 5.76 Å². The lowest BCUT2D eigenvalue weighted by Crippen LogP contribution is -2.29. The second-order valence-electron chi connectivity index (χ2n) is 7.47. The lowest BCUT2D eigenvalue weighted by molar-refractivity contribution is -0.132. The van der Waals surface area contributed by atoms with Crippen molar-refractivity contribution in [3.8, 4) is 11.5 Å². The van der Waals surface area contributed by atoms with Crippen molar-refractivity contribution in [2.45, 2.75) is 19.9 Å². The number of furan rings is 1. The zero-order valence-corrected chi connectivity index (χ0v) is 18.2. The fraction of sp³-hybridized carbons (Fsp3) is 0.200. The SMILES string of the molecule is COc1ccc(OC)c(/C(O)=C2\C(=O)C(=O)N(c3ccccc3C)C2c2ccc(C)o2)c1. The van der Waals surface area contributed by atoms with Gasteiger partial charge < -0.3 is 19.0 Å². The van der Waals surface area contributed by atoms with Gasteiger partial charge in [-0.1, -0.05) is 18.2 Å². The fourth-order valence-corrected chi connectivity index (χ4v) is 3.93. The Morgan fingerprint density at radius 2 is 1.75 bits per heavy atom. The van der Waals surface area contributed by atoms with E-state index in [0.29, 0.717) is 28.7 Å². The first-order valence-electron chi connectivity index (χ1n) is 10.0. The molecule has 1 saturated heterocycles. The molecule has 4 rings (SSSR count). The van der Waals surface area contributed by atoms with Crippen molar-refractivity contribution in [1.82, 2.24) is 0 Å². The molecular formula is C25H23NO6. The Morgan fingerprint density at radius 3 is 2.38 bits per heavy atom. The number of methoxy groups -OCH3 is 2. The number of para-hydroxylation sites is 1. The zero-order chi connectivity index (χ0) is 23.0. The number of carbonyl (C=O) groups excluding carboxylic acids is 2. The van der Waals surface area contributed by atoms with Gasteiger partial charge in [-0.2, -0.15) is 0 Å². The molecule has 0 bridgehead atoms. The van der Waals surface area contributed by atoms with E-state index in [1.54, 1.807) is 49.4 Å². The minimum atomic E-state index is -0.944. The van der Waals surface area contributed by atoms with Crippen LogP contribution in [0.4, 0.5) is 5.69 Å². The van der Waals surface area contributed by atoms with Crippen LogP contribution in [0.1, 0.15) is 28.7 Å². The van der Waals surface area contributed by atoms with Crippen LogP contribution < -0.4 is 14.4 Å². The van der Waals surface area contributed by atoms with E-state index in [2.05, 4.69) is 0 Å². The largest absolute Gasteiger partial charge is 0.507 e. The summed E-state index contributed by atoms with van der Waals surface area (Å²) in [7, 11) is 2.95. The standard InChI is InChI=1S/C25H23NO6/c1-14-7-5-6-8-18(14)26-22(20-11-9-15(2)32-20)21(24(28)25(26)29)23(27)17-13-16(30-3)10-12-19(17)31-4/h5-13,22,27H,1-4H3/b23-21+. The van der Waals surface area contributed by atoms with Gasteiger partial charge in [-0.05, 0) is 55.8 Å². The quantitative estimate of drug-likeness (QED) is 0.361. The Bertz CT molecular complexity index is 1240. The van der Waals surface area contributed by atoms with E-state index in [9.17, 15) is 14.7 Å². The number of aryl methyl sites for hydroxylation is 2. The molecule has 1 amide bonds. The summed E-state index contributed by atoms with van der Waals surface area (Å²) in [6, 6.07) is 14.6. The molecule has 1 aliphatic heterocycles. The first-order valence-corrected chi connectivity index (χ1v) is 10.0. The van der Waals surface area contributed by atoms with Crippen molar-refractivity contribution >= 4 is 23.1 Å². The van der Waals surface area contributed by atoms with Gasteiger partial charge >= 0.3 is 0 Å². The number of hydrogen-bond acceptors (Lipinski definition) is 6. The van der Waals surface area contributed by atoms with Crippen molar-refractivity contribution < 1.29 is 28.6 Å². The molecule has 1 fully saturated rings. The topological polar surface area (TPSA) is 89.2 Å². The predicted octanol–water partition coefficient (Wildman–Crippen LogP) is 4.54. The number of Topliss-reactive ketones (excluding diaryl/α,β-unsaturated/α-hetero) is 1. The summed E-state index contributed by atoms with van der Waals surface area (Å²) < 4.78 is 16.5. The second kappa shape index (κ2) is 8.26. The van der Waals surface area contributed by atoms with Crippen molar-refractivity contribution in [3.05, 3.63) is 82.8 Å². The molecule has 32 heavy (non-hydrogen) atoms. The summed E-state index contributed by atoms with van der Waals surface area (Å²) in [5.74, 6) is -0.140. The highest BCUT2D eigenvalue weighted by Crippen LogP contribution is 2.44. The Balaban J connectivity index is 1.99. The van der Waals surface area contributed by atoms with Crippen LogP contribution >= 0.6 is 0 Å². The monoisotopic (exact) mass is 433 g/mol. The number of ketones is 1. The molecule has 1 aliphatic rings. The lowest BCUT2D eigenvalue weighted by Gasteiger charge is -2.25. The molecule has 1 atom stereocenters. The number of aliphatic hydroxyl groups excluding tert-OH is 1. The van der Waals surface area contributed by atoms with E-state index < -0.39 is 17.7 Å². The summed E-state index contributed by atoms with van der Waals surface area (Å²) in [6.07, 6.45) is 0. The van der Waals surface area contributed by atoms with Gasteiger partial charge in [-0.15, -0.1) is 0 Å². The highest BCUT2D eigenvalue weighted by atomic mass is 16.5. The van der Waals surface area contributed by atoms with Gasteiger partial charge in [0.15, 0.2) is 0 Å². The summed E-state index contributed by atoms with van der Waals surface area (Å²) in [5.41, 5.74) is 1.52. The number of amides is 1. The first kappa shape index (κ1) is 21.2. The van der Waals surface area contributed by atoms with Gasteiger partial charge in [0.25, 0.3) is 11.7 Å². The molecule has 2 heterocycles. The van der Waals surface area contributed by atoms with Crippen LogP contribution in [0.15, 0.2) is 64.6 Å². The average Bonchev–Trinajstić information content (AvgIpc) is 3.34.